The van der Waals surface area contributed by atoms with E-state index in [-0.39, 0.29) is 0 Å². The SMILES string of the molecule is CCc1nn(C)c(CN(CC)CCCCl)c1Br. The van der Waals surface area contributed by atoms with E-state index in [0.29, 0.717) is 0 Å². The van der Waals surface area contributed by atoms with Crippen LogP contribution < -0.4 is 0 Å². The molecule has 1 aromatic heterocycles. The van der Waals surface area contributed by atoms with E-state index in [1.54, 1.807) is 0 Å². The summed E-state index contributed by atoms with van der Waals surface area (Å²) in [6, 6.07) is 0. The van der Waals surface area contributed by atoms with Crippen molar-refractivity contribution in [3.05, 3.63) is 15.9 Å². The molecule has 98 valence electrons. The highest BCUT2D eigenvalue weighted by Crippen LogP contribution is 2.22. The Morgan fingerprint density at radius 2 is 2.12 bits per heavy atom. The van der Waals surface area contributed by atoms with Crippen molar-refractivity contribution in [2.24, 2.45) is 7.05 Å². The minimum Gasteiger partial charge on any atom is -0.298 e. The highest BCUT2D eigenvalue weighted by Gasteiger charge is 2.14. The van der Waals surface area contributed by atoms with Crippen molar-refractivity contribution < 1.29 is 0 Å². The standard InChI is InChI=1S/C12H21BrClN3/c1-4-10-12(13)11(16(3)15-10)9-17(5-2)8-6-7-14/h4-9H2,1-3H3. The van der Waals surface area contributed by atoms with Crippen molar-refractivity contribution in [3.63, 3.8) is 0 Å². The van der Waals surface area contributed by atoms with Gasteiger partial charge in [0.05, 0.1) is 15.9 Å². The molecule has 0 N–H and O–H groups in total. The van der Waals surface area contributed by atoms with Crippen molar-refractivity contribution in [1.82, 2.24) is 14.7 Å². The highest BCUT2D eigenvalue weighted by molar-refractivity contribution is 9.10. The molecule has 0 aliphatic rings. The van der Waals surface area contributed by atoms with Crippen molar-refractivity contribution in [2.75, 3.05) is 19.0 Å². The molecule has 0 atom stereocenters. The fraction of sp³-hybridized carbons (Fsp3) is 0.750. The van der Waals surface area contributed by atoms with Crippen LogP contribution in [0.3, 0.4) is 0 Å². The molecule has 0 aliphatic carbocycles. The fourth-order valence-electron chi connectivity index (χ4n) is 1.84. The molecular formula is C12H21BrClN3. The Morgan fingerprint density at radius 1 is 1.41 bits per heavy atom. The van der Waals surface area contributed by atoms with Crippen molar-refractivity contribution >= 4 is 27.5 Å². The Hall–Kier alpha value is -0.0600. The van der Waals surface area contributed by atoms with Crippen molar-refractivity contribution in [3.8, 4) is 0 Å². The Balaban J connectivity index is 2.75. The zero-order valence-corrected chi connectivity index (χ0v) is 13.2. The summed E-state index contributed by atoms with van der Waals surface area (Å²) < 4.78 is 3.14. The summed E-state index contributed by atoms with van der Waals surface area (Å²) in [6.45, 7) is 7.31. The second-order valence-electron chi connectivity index (χ2n) is 4.10. The first-order valence-corrected chi connectivity index (χ1v) is 7.45. The van der Waals surface area contributed by atoms with Crippen LogP contribution >= 0.6 is 27.5 Å². The lowest BCUT2D eigenvalue weighted by molar-refractivity contribution is 0.273. The Morgan fingerprint density at radius 3 is 2.59 bits per heavy atom. The zero-order valence-electron chi connectivity index (χ0n) is 10.8. The van der Waals surface area contributed by atoms with Gasteiger partial charge in [-0.25, -0.2) is 0 Å². The quantitative estimate of drug-likeness (QED) is 0.719. The molecule has 0 aromatic carbocycles. The molecule has 0 spiro atoms. The lowest BCUT2D eigenvalue weighted by atomic mass is 10.3. The van der Waals surface area contributed by atoms with Gasteiger partial charge in [0, 0.05) is 19.5 Å². The molecule has 0 amide bonds. The maximum Gasteiger partial charge on any atom is 0.0767 e. The predicted molar refractivity (Wildman–Crippen MR) is 76.6 cm³/mol. The molecule has 1 rings (SSSR count). The number of halogens is 2. The van der Waals surface area contributed by atoms with Crippen molar-refractivity contribution in [2.45, 2.75) is 33.2 Å². The number of aryl methyl sites for hydroxylation is 2. The fourth-order valence-corrected chi connectivity index (χ4v) is 2.70. The topological polar surface area (TPSA) is 21.1 Å². The van der Waals surface area contributed by atoms with Crippen LogP contribution in [0.2, 0.25) is 0 Å². The van der Waals surface area contributed by atoms with Gasteiger partial charge in [-0.3, -0.25) is 9.58 Å². The van der Waals surface area contributed by atoms with Crippen LogP contribution in [0.5, 0.6) is 0 Å². The number of aromatic nitrogens is 2. The summed E-state index contributed by atoms with van der Waals surface area (Å²) in [4.78, 5) is 2.39. The summed E-state index contributed by atoms with van der Waals surface area (Å²) in [5.41, 5.74) is 2.38. The number of hydrogen-bond acceptors (Lipinski definition) is 2. The second-order valence-corrected chi connectivity index (χ2v) is 5.27. The monoisotopic (exact) mass is 321 g/mol. The van der Waals surface area contributed by atoms with E-state index in [0.717, 1.165) is 48.5 Å². The summed E-state index contributed by atoms with van der Waals surface area (Å²) in [6.07, 6.45) is 1.99. The van der Waals surface area contributed by atoms with E-state index in [2.05, 4.69) is 39.8 Å². The van der Waals surface area contributed by atoms with E-state index in [4.69, 9.17) is 11.6 Å². The van der Waals surface area contributed by atoms with E-state index in [9.17, 15) is 0 Å². The Kier molecular flexibility index (Phi) is 6.52. The van der Waals surface area contributed by atoms with Gasteiger partial charge in [-0.2, -0.15) is 5.10 Å². The summed E-state index contributed by atoms with van der Waals surface area (Å²) in [7, 11) is 2.01. The van der Waals surface area contributed by atoms with Crippen LogP contribution in [0.25, 0.3) is 0 Å². The number of alkyl halides is 1. The number of nitrogens with zero attached hydrogens (tertiary/aromatic N) is 3. The average Bonchev–Trinajstić information content (AvgIpc) is 2.60. The van der Waals surface area contributed by atoms with Gasteiger partial charge >= 0.3 is 0 Å². The lowest BCUT2D eigenvalue weighted by Gasteiger charge is -2.20. The Bertz CT molecular complexity index is 352. The molecule has 0 radical (unpaired) electrons. The largest absolute Gasteiger partial charge is 0.298 e. The molecule has 0 saturated heterocycles. The van der Waals surface area contributed by atoms with Gasteiger partial charge in [0.2, 0.25) is 0 Å². The van der Waals surface area contributed by atoms with Crippen LogP contribution in [0.1, 0.15) is 31.7 Å². The summed E-state index contributed by atoms with van der Waals surface area (Å²) in [5, 5.41) is 4.51. The van der Waals surface area contributed by atoms with Crippen LogP contribution in [0.15, 0.2) is 4.47 Å². The smallest absolute Gasteiger partial charge is 0.0767 e. The van der Waals surface area contributed by atoms with Crippen LogP contribution in [-0.2, 0) is 20.0 Å². The molecular weight excluding hydrogens is 302 g/mol. The predicted octanol–water partition coefficient (Wildman–Crippen LogP) is 3.20. The third kappa shape index (κ3) is 3.97. The first-order chi connectivity index (χ1) is 8.13. The average molecular weight is 323 g/mol. The number of rotatable bonds is 7. The van der Waals surface area contributed by atoms with E-state index < -0.39 is 0 Å². The molecule has 0 unspecified atom stereocenters. The van der Waals surface area contributed by atoms with Crippen LogP contribution in [0.4, 0.5) is 0 Å². The minimum absolute atomic E-state index is 0.725. The summed E-state index contributed by atoms with van der Waals surface area (Å²) >= 11 is 9.39. The number of hydrogen-bond donors (Lipinski definition) is 0. The minimum atomic E-state index is 0.725. The first kappa shape index (κ1) is 15.0. The van der Waals surface area contributed by atoms with Gasteiger partial charge < -0.3 is 0 Å². The molecule has 3 nitrogen and oxygen atoms in total. The van der Waals surface area contributed by atoms with Crippen LogP contribution in [-0.4, -0.2) is 33.6 Å². The van der Waals surface area contributed by atoms with Gasteiger partial charge in [-0.15, -0.1) is 11.6 Å². The molecule has 0 aliphatic heterocycles. The van der Waals surface area contributed by atoms with Crippen molar-refractivity contribution in [1.29, 1.82) is 0 Å². The van der Waals surface area contributed by atoms with E-state index in [1.165, 1.54) is 5.69 Å². The molecule has 17 heavy (non-hydrogen) atoms. The molecule has 1 aromatic rings. The lowest BCUT2D eigenvalue weighted by Crippen LogP contribution is -2.25. The highest BCUT2D eigenvalue weighted by atomic mass is 79.9. The summed E-state index contributed by atoms with van der Waals surface area (Å²) in [5.74, 6) is 0.725. The normalized spacial score (nSPS) is 11.4. The van der Waals surface area contributed by atoms with Gasteiger partial charge in [0.15, 0.2) is 0 Å². The zero-order chi connectivity index (χ0) is 12.8. The maximum absolute atomic E-state index is 5.74. The Labute approximate surface area is 117 Å². The second kappa shape index (κ2) is 7.39. The molecule has 1 heterocycles. The third-order valence-corrected chi connectivity index (χ3v) is 4.11. The van der Waals surface area contributed by atoms with E-state index >= 15 is 0 Å². The van der Waals surface area contributed by atoms with Gasteiger partial charge in [0.1, 0.15) is 0 Å². The molecule has 0 saturated carbocycles. The molecule has 5 heteroatoms. The van der Waals surface area contributed by atoms with Crippen LogP contribution in [0, 0.1) is 0 Å². The third-order valence-electron chi connectivity index (χ3n) is 2.93. The van der Waals surface area contributed by atoms with Gasteiger partial charge in [-0.05, 0) is 41.9 Å². The first-order valence-electron chi connectivity index (χ1n) is 6.12. The van der Waals surface area contributed by atoms with Gasteiger partial charge in [0.25, 0.3) is 0 Å². The maximum atomic E-state index is 5.74. The molecule has 0 fully saturated rings. The van der Waals surface area contributed by atoms with Gasteiger partial charge in [-0.1, -0.05) is 13.8 Å². The van der Waals surface area contributed by atoms with E-state index in [1.807, 2.05) is 11.7 Å². The molecule has 0 bridgehead atoms.